The largest absolute Gasteiger partial charge is 0.488 e. The third-order valence-corrected chi connectivity index (χ3v) is 11.2. The van der Waals surface area contributed by atoms with E-state index in [0.717, 1.165) is 50.7 Å². The molecule has 0 unspecified atom stereocenters. The molecule has 0 aliphatic rings. The lowest BCUT2D eigenvalue weighted by Crippen LogP contribution is -2.06. The van der Waals surface area contributed by atoms with Crippen LogP contribution in [0.2, 0.25) is 20.1 Å². The predicted molar refractivity (Wildman–Crippen MR) is 252 cm³/mol. The maximum absolute atomic E-state index is 12.2. The molecule has 0 bridgehead atoms. The van der Waals surface area contributed by atoms with E-state index in [2.05, 4.69) is 0 Å². The number of carboxylic acids is 1. The van der Waals surface area contributed by atoms with Crippen molar-refractivity contribution in [2.45, 2.75) is 27.1 Å². The van der Waals surface area contributed by atoms with Gasteiger partial charge in [0, 0.05) is 43.9 Å². The number of aromatic carboxylic acids is 1. The van der Waals surface area contributed by atoms with E-state index < -0.39 is 11.9 Å². The van der Waals surface area contributed by atoms with Crippen molar-refractivity contribution in [2.24, 2.45) is 0 Å². The molecule has 12 heteroatoms. The molecule has 0 fully saturated rings. The summed E-state index contributed by atoms with van der Waals surface area (Å²) < 4.78 is 21.2. The number of aromatic nitrogens is 2. The highest BCUT2D eigenvalue weighted by atomic mass is 35.5. The Balaban J connectivity index is 0.000000189. The summed E-state index contributed by atoms with van der Waals surface area (Å²) in [5.41, 5.74) is 9.22. The minimum Gasteiger partial charge on any atom is -0.488 e. The van der Waals surface area contributed by atoms with E-state index in [0.29, 0.717) is 51.0 Å². The fourth-order valence-electron chi connectivity index (χ4n) is 7.05. The molecule has 1 N–H and O–H groups in total. The van der Waals surface area contributed by atoms with E-state index >= 15 is 0 Å². The number of esters is 1. The van der Waals surface area contributed by atoms with Crippen LogP contribution in [-0.4, -0.2) is 33.3 Å². The van der Waals surface area contributed by atoms with Gasteiger partial charge in [-0.1, -0.05) is 107 Å². The zero-order valence-corrected chi connectivity index (χ0v) is 37.3. The number of halogens is 4. The highest BCUT2D eigenvalue weighted by molar-refractivity contribution is 6.34. The summed E-state index contributed by atoms with van der Waals surface area (Å²) in [6, 6.07) is 49.1. The summed E-state index contributed by atoms with van der Waals surface area (Å²) in [7, 11) is 1.33. The Hall–Kier alpha value is -6.42. The van der Waals surface area contributed by atoms with Gasteiger partial charge in [0.05, 0.1) is 39.7 Å². The van der Waals surface area contributed by atoms with Crippen LogP contribution < -0.4 is 9.47 Å². The lowest BCUT2D eigenvalue weighted by molar-refractivity contribution is 0.0600. The summed E-state index contributed by atoms with van der Waals surface area (Å²) in [5.74, 6) is -0.175. The van der Waals surface area contributed by atoms with Gasteiger partial charge in [-0.25, -0.2) is 9.59 Å². The molecule has 8 nitrogen and oxygen atoms in total. The number of rotatable bonds is 12. The van der Waals surface area contributed by atoms with Crippen LogP contribution in [0.4, 0.5) is 0 Å². The third kappa shape index (κ3) is 10.4. The fraction of sp³-hybridized carbons (Fsp3) is 0.0980. The first-order chi connectivity index (χ1) is 30.4. The number of methoxy groups -OCH3 is 1. The molecule has 0 amide bonds. The Labute approximate surface area is 385 Å². The molecule has 0 spiro atoms. The number of ether oxygens (including phenoxy) is 3. The lowest BCUT2D eigenvalue weighted by Gasteiger charge is -2.17. The predicted octanol–water partition coefficient (Wildman–Crippen LogP) is 14.2. The molecule has 0 saturated heterocycles. The third-order valence-electron chi connectivity index (χ3n) is 10.1. The Bertz CT molecular complexity index is 2910. The average Bonchev–Trinajstić information content (AvgIpc) is 3.88. The van der Waals surface area contributed by atoms with Crippen molar-refractivity contribution in [3.63, 3.8) is 0 Å². The minimum atomic E-state index is -1.08. The SMILES string of the molecule is COC(=O)c1cc(-n2c(C)ccc2-c2cc(Cl)ccc2OCc2ccccc2)ccc1Cl.Cc1ccc(-c2cc(Cl)ccc2OCc2ccccc2)n1-c1ccc(Cl)c(C(=O)O)c1. The molecule has 6 aromatic carbocycles. The second kappa shape index (κ2) is 20.2. The quantitative estimate of drug-likeness (QED) is 0.123. The summed E-state index contributed by atoms with van der Waals surface area (Å²) >= 11 is 25.0. The number of benzene rings is 6. The van der Waals surface area contributed by atoms with Crippen molar-refractivity contribution in [3.8, 4) is 45.4 Å². The average molecular weight is 919 g/mol. The van der Waals surface area contributed by atoms with Crippen LogP contribution >= 0.6 is 46.4 Å². The van der Waals surface area contributed by atoms with Crippen LogP contribution in [-0.2, 0) is 18.0 Å². The normalized spacial score (nSPS) is 10.8. The first-order valence-corrected chi connectivity index (χ1v) is 21.1. The van der Waals surface area contributed by atoms with E-state index in [1.54, 1.807) is 36.4 Å². The van der Waals surface area contributed by atoms with Gasteiger partial charge in [0.2, 0.25) is 0 Å². The van der Waals surface area contributed by atoms with Gasteiger partial charge in [0.15, 0.2) is 0 Å². The molecule has 0 aliphatic carbocycles. The fourth-order valence-corrected chi connectivity index (χ4v) is 7.78. The molecule has 0 saturated carbocycles. The van der Waals surface area contributed by atoms with Gasteiger partial charge >= 0.3 is 11.9 Å². The smallest absolute Gasteiger partial charge is 0.339 e. The zero-order valence-electron chi connectivity index (χ0n) is 34.3. The van der Waals surface area contributed by atoms with Gasteiger partial charge in [-0.05, 0) is 122 Å². The van der Waals surface area contributed by atoms with Crippen molar-refractivity contribution < 1.29 is 28.9 Å². The second-order valence-electron chi connectivity index (χ2n) is 14.3. The van der Waals surface area contributed by atoms with Crippen molar-refractivity contribution in [2.75, 3.05) is 7.11 Å². The van der Waals surface area contributed by atoms with E-state index in [4.69, 9.17) is 60.6 Å². The molecule has 318 valence electrons. The van der Waals surface area contributed by atoms with Gasteiger partial charge in [0.25, 0.3) is 0 Å². The van der Waals surface area contributed by atoms with Crippen molar-refractivity contribution in [1.29, 1.82) is 0 Å². The first-order valence-electron chi connectivity index (χ1n) is 19.6. The number of carboxylic acid groups (broad SMARTS) is 1. The maximum Gasteiger partial charge on any atom is 0.339 e. The second-order valence-corrected chi connectivity index (χ2v) is 16.0. The lowest BCUT2D eigenvalue weighted by atomic mass is 10.1. The van der Waals surface area contributed by atoms with E-state index in [1.165, 1.54) is 7.11 Å². The van der Waals surface area contributed by atoms with Crippen molar-refractivity contribution in [3.05, 3.63) is 211 Å². The van der Waals surface area contributed by atoms with Crippen molar-refractivity contribution in [1.82, 2.24) is 9.13 Å². The van der Waals surface area contributed by atoms with Crippen LogP contribution in [0, 0.1) is 13.8 Å². The number of carbonyl (C=O) groups excluding carboxylic acids is 1. The molecule has 0 atom stereocenters. The Kier molecular flexibility index (Phi) is 14.3. The van der Waals surface area contributed by atoms with Crippen LogP contribution in [0.1, 0.15) is 43.2 Å². The monoisotopic (exact) mass is 916 g/mol. The van der Waals surface area contributed by atoms with E-state index in [9.17, 15) is 14.7 Å². The van der Waals surface area contributed by atoms with Crippen LogP contribution in [0.25, 0.3) is 33.9 Å². The molecule has 8 aromatic rings. The highest BCUT2D eigenvalue weighted by Crippen LogP contribution is 2.38. The Morgan fingerprint density at radius 1 is 0.524 bits per heavy atom. The van der Waals surface area contributed by atoms with Crippen LogP contribution in [0.3, 0.4) is 0 Å². The van der Waals surface area contributed by atoms with Crippen molar-refractivity contribution >= 4 is 58.3 Å². The van der Waals surface area contributed by atoms with E-state index in [1.807, 2.05) is 144 Å². The first kappa shape index (κ1) is 44.6. The van der Waals surface area contributed by atoms with Gasteiger partial charge in [0.1, 0.15) is 24.7 Å². The molecule has 2 aromatic heterocycles. The summed E-state index contributed by atoms with van der Waals surface area (Å²) in [6.07, 6.45) is 0. The summed E-state index contributed by atoms with van der Waals surface area (Å²) in [6.45, 7) is 4.79. The molecule has 0 radical (unpaired) electrons. The summed E-state index contributed by atoms with van der Waals surface area (Å²) in [5, 5.41) is 11.2. The van der Waals surface area contributed by atoms with Crippen LogP contribution in [0.15, 0.2) is 158 Å². The van der Waals surface area contributed by atoms with Gasteiger partial charge in [-0.15, -0.1) is 0 Å². The Morgan fingerprint density at radius 3 is 1.38 bits per heavy atom. The number of nitrogens with zero attached hydrogens (tertiary/aromatic N) is 2. The summed E-state index contributed by atoms with van der Waals surface area (Å²) in [4.78, 5) is 23.7. The number of hydrogen-bond acceptors (Lipinski definition) is 5. The minimum absolute atomic E-state index is 0.0462. The molecular weight excluding hydrogens is 878 g/mol. The van der Waals surface area contributed by atoms with E-state index in [-0.39, 0.29) is 10.6 Å². The molecule has 0 aliphatic heterocycles. The van der Waals surface area contributed by atoms with Gasteiger partial charge < -0.3 is 28.5 Å². The topological polar surface area (TPSA) is 91.9 Å². The molecule has 2 heterocycles. The number of aryl methyl sites for hydroxylation is 2. The molecular formula is C51H40Cl4N2O6. The van der Waals surface area contributed by atoms with Gasteiger partial charge in [-0.2, -0.15) is 0 Å². The van der Waals surface area contributed by atoms with Gasteiger partial charge in [-0.3, -0.25) is 0 Å². The number of carbonyl (C=O) groups is 2. The Morgan fingerprint density at radius 2 is 0.952 bits per heavy atom. The highest BCUT2D eigenvalue weighted by Gasteiger charge is 2.20. The zero-order chi connectivity index (χ0) is 44.6. The molecule has 63 heavy (non-hydrogen) atoms. The number of hydrogen-bond donors (Lipinski definition) is 1. The van der Waals surface area contributed by atoms with Crippen LogP contribution in [0.5, 0.6) is 11.5 Å². The standard InChI is InChI=1S/C26H21Cl2NO3.C25H19Cl2NO3/c1-17-8-12-24(29(17)20-10-11-23(28)21(15-20)26(30)31-2)22-14-19(27)9-13-25(22)32-16-18-6-4-3-5-7-18;1-16-7-11-23(28(16)19-9-10-22(27)20(14-19)25(29)30)21-13-18(26)8-12-24(21)31-15-17-5-3-2-4-6-17/h3-15H,16H2,1-2H3;2-14H,15H2,1H3,(H,29,30). The molecule has 8 rings (SSSR count). The maximum atomic E-state index is 12.2.